The molecular weight excluding hydrogens is 466 g/mol. The number of carbonyl (C=O) groups excluding carboxylic acids is 4. The van der Waals surface area contributed by atoms with Crippen molar-refractivity contribution in [2.75, 3.05) is 0 Å². The van der Waals surface area contributed by atoms with Crippen LogP contribution < -0.4 is 14.2 Å². The highest BCUT2D eigenvalue weighted by atomic mass is 16.6. The summed E-state index contributed by atoms with van der Waals surface area (Å²) >= 11 is 0. The highest BCUT2D eigenvalue weighted by Crippen LogP contribution is 2.43. The molecule has 182 valence electrons. The number of nitro benzene ring substituents is 1. The third kappa shape index (κ3) is 5.76. The third-order valence-corrected chi connectivity index (χ3v) is 4.37. The normalized spacial score (nSPS) is 14.5. The molecule has 0 radical (unpaired) electrons. The van der Waals surface area contributed by atoms with Crippen molar-refractivity contribution in [2.45, 2.75) is 33.9 Å². The number of benzene rings is 2. The van der Waals surface area contributed by atoms with Gasteiger partial charge in [-0.2, -0.15) is 5.01 Å². The molecule has 1 heterocycles. The van der Waals surface area contributed by atoms with Gasteiger partial charge in [0.15, 0.2) is 11.5 Å². The Hall–Kier alpha value is -4.81. The SMILES string of the molecule is CC(=O)Oc1cc(C2OC(c3ccc([N+](=O)[O-])cc3)=NN2C(C)=O)cc(OC(C)=O)c1OC(C)=O. The summed E-state index contributed by atoms with van der Waals surface area (Å²) in [6.07, 6.45) is -1.20. The molecule has 1 aliphatic heterocycles. The molecule has 0 N–H and O–H groups in total. The van der Waals surface area contributed by atoms with Crippen molar-refractivity contribution in [3.8, 4) is 17.2 Å². The van der Waals surface area contributed by atoms with E-state index in [9.17, 15) is 29.3 Å². The maximum atomic E-state index is 12.3. The lowest BCUT2D eigenvalue weighted by Gasteiger charge is -2.21. The number of nitro groups is 1. The average Bonchev–Trinajstić information content (AvgIpc) is 3.21. The Morgan fingerprint density at radius 3 is 1.86 bits per heavy atom. The predicted molar refractivity (Wildman–Crippen MR) is 116 cm³/mol. The lowest BCUT2D eigenvalue weighted by molar-refractivity contribution is -0.384. The lowest BCUT2D eigenvalue weighted by Crippen LogP contribution is -2.25. The summed E-state index contributed by atoms with van der Waals surface area (Å²) in [4.78, 5) is 57.6. The van der Waals surface area contributed by atoms with Gasteiger partial charge in [-0.15, -0.1) is 5.10 Å². The topological polar surface area (TPSA) is 164 Å². The first-order valence-corrected chi connectivity index (χ1v) is 9.99. The first-order valence-electron chi connectivity index (χ1n) is 9.99. The molecule has 3 rings (SSSR count). The minimum Gasteiger partial charge on any atom is -0.446 e. The van der Waals surface area contributed by atoms with Gasteiger partial charge in [0.25, 0.3) is 5.69 Å². The quantitative estimate of drug-likeness (QED) is 0.257. The highest BCUT2D eigenvalue weighted by Gasteiger charge is 2.35. The number of hydrogen-bond donors (Lipinski definition) is 0. The summed E-state index contributed by atoms with van der Waals surface area (Å²) in [7, 11) is 0. The molecule has 2 aromatic rings. The van der Waals surface area contributed by atoms with Crippen LogP contribution >= 0.6 is 0 Å². The van der Waals surface area contributed by atoms with Gasteiger partial charge >= 0.3 is 17.9 Å². The largest absolute Gasteiger partial charge is 0.446 e. The number of nitrogens with zero attached hydrogens (tertiary/aromatic N) is 3. The van der Waals surface area contributed by atoms with Crippen molar-refractivity contribution in [1.82, 2.24) is 5.01 Å². The molecule has 1 unspecified atom stereocenters. The zero-order chi connectivity index (χ0) is 25.9. The van der Waals surface area contributed by atoms with Gasteiger partial charge in [0.1, 0.15) is 0 Å². The molecule has 0 bridgehead atoms. The van der Waals surface area contributed by atoms with E-state index in [0.717, 1.165) is 25.8 Å². The van der Waals surface area contributed by atoms with Crippen LogP contribution in [0, 0.1) is 10.1 Å². The number of amides is 1. The Balaban J connectivity index is 2.08. The molecule has 13 nitrogen and oxygen atoms in total. The number of hydrogen-bond acceptors (Lipinski definition) is 11. The lowest BCUT2D eigenvalue weighted by atomic mass is 10.1. The maximum Gasteiger partial charge on any atom is 0.308 e. The fraction of sp³-hybridized carbons (Fsp3) is 0.227. The van der Waals surface area contributed by atoms with Crippen LogP contribution in [0.1, 0.15) is 45.0 Å². The standard InChI is InChI=1S/C22H19N3O10/c1-11(26)24-22(35-21(23-24)15-5-7-17(8-6-15)25(30)31)16-9-18(32-12(2)27)20(34-14(4)29)19(10-16)33-13(3)28/h5-10,22H,1-4H3. The molecule has 1 aliphatic rings. The van der Waals surface area contributed by atoms with Crippen molar-refractivity contribution in [3.05, 3.63) is 57.6 Å². The third-order valence-electron chi connectivity index (χ3n) is 4.37. The zero-order valence-electron chi connectivity index (χ0n) is 19.0. The molecule has 0 saturated heterocycles. The molecule has 1 atom stereocenters. The summed E-state index contributed by atoms with van der Waals surface area (Å²) in [6, 6.07) is 7.82. The van der Waals surface area contributed by atoms with Crippen LogP contribution in [-0.4, -0.2) is 39.6 Å². The van der Waals surface area contributed by atoms with Gasteiger partial charge in [-0.25, -0.2) is 0 Å². The van der Waals surface area contributed by atoms with Gasteiger partial charge < -0.3 is 18.9 Å². The first kappa shape index (κ1) is 24.8. The van der Waals surface area contributed by atoms with Crippen molar-refractivity contribution < 1.29 is 43.0 Å². The zero-order valence-corrected chi connectivity index (χ0v) is 19.0. The van der Waals surface area contributed by atoms with E-state index >= 15 is 0 Å². The van der Waals surface area contributed by atoms with Gasteiger partial charge in [0.05, 0.1) is 4.92 Å². The highest BCUT2D eigenvalue weighted by molar-refractivity contribution is 5.96. The summed E-state index contributed by atoms with van der Waals surface area (Å²) < 4.78 is 21.2. The van der Waals surface area contributed by atoms with Gasteiger partial charge in [0, 0.05) is 51.0 Å². The van der Waals surface area contributed by atoms with Gasteiger partial charge in [-0.3, -0.25) is 29.3 Å². The Morgan fingerprint density at radius 1 is 0.914 bits per heavy atom. The molecule has 0 spiro atoms. The number of ether oxygens (including phenoxy) is 4. The summed E-state index contributed by atoms with van der Waals surface area (Å²) in [6.45, 7) is 4.55. The second kappa shape index (κ2) is 9.99. The molecule has 0 fully saturated rings. The Labute approximate surface area is 198 Å². The van der Waals surface area contributed by atoms with E-state index in [1.807, 2.05) is 0 Å². The second-order valence-electron chi connectivity index (χ2n) is 7.17. The minimum atomic E-state index is -1.20. The van der Waals surface area contributed by atoms with Gasteiger partial charge in [-0.1, -0.05) is 0 Å². The van der Waals surface area contributed by atoms with Gasteiger partial charge in [-0.05, 0) is 24.3 Å². The molecule has 1 amide bonds. The van der Waals surface area contributed by atoms with Crippen molar-refractivity contribution in [2.24, 2.45) is 5.10 Å². The Kier molecular flexibility index (Phi) is 7.08. The second-order valence-corrected chi connectivity index (χ2v) is 7.17. The summed E-state index contributed by atoms with van der Waals surface area (Å²) in [5.74, 6) is -3.70. The average molecular weight is 485 g/mol. The molecule has 13 heteroatoms. The molecule has 35 heavy (non-hydrogen) atoms. The van der Waals surface area contributed by atoms with E-state index in [1.54, 1.807) is 0 Å². The van der Waals surface area contributed by atoms with E-state index in [2.05, 4.69) is 5.10 Å². The van der Waals surface area contributed by atoms with Crippen LogP contribution in [0.5, 0.6) is 17.2 Å². The van der Waals surface area contributed by atoms with Crippen LogP contribution in [-0.2, 0) is 23.9 Å². The van der Waals surface area contributed by atoms with Crippen LogP contribution in [0.3, 0.4) is 0 Å². The van der Waals surface area contributed by atoms with Crippen molar-refractivity contribution in [1.29, 1.82) is 0 Å². The van der Waals surface area contributed by atoms with Crippen LogP contribution in [0.4, 0.5) is 5.69 Å². The predicted octanol–water partition coefficient (Wildman–Crippen LogP) is 2.61. The smallest absolute Gasteiger partial charge is 0.308 e. The molecule has 0 aromatic heterocycles. The summed E-state index contributed by atoms with van der Waals surface area (Å²) in [5.41, 5.74) is 0.357. The van der Waals surface area contributed by atoms with E-state index in [-0.39, 0.29) is 34.4 Å². The fourth-order valence-corrected chi connectivity index (χ4v) is 3.07. The van der Waals surface area contributed by atoms with Crippen molar-refractivity contribution in [3.63, 3.8) is 0 Å². The van der Waals surface area contributed by atoms with Crippen LogP contribution in [0.25, 0.3) is 0 Å². The number of carbonyl (C=O) groups is 4. The molecule has 0 saturated carbocycles. The van der Waals surface area contributed by atoms with Crippen LogP contribution in [0.15, 0.2) is 41.5 Å². The Morgan fingerprint density at radius 2 is 1.43 bits per heavy atom. The minimum absolute atomic E-state index is 0.0211. The van der Waals surface area contributed by atoms with Gasteiger partial charge in [0.2, 0.25) is 23.8 Å². The number of esters is 3. The molecule has 2 aromatic carbocycles. The number of rotatable bonds is 6. The maximum absolute atomic E-state index is 12.3. The molecular formula is C22H19N3O10. The van der Waals surface area contributed by atoms with Crippen molar-refractivity contribution >= 4 is 35.4 Å². The van der Waals surface area contributed by atoms with Crippen LogP contribution in [0.2, 0.25) is 0 Å². The van der Waals surface area contributed by atoms with E-state index in [0.29, 0.717) is 5.56 Å². The number of non-ortho nitro benzene ring substituents is 1. The van der Waals surface area contributed by atoms with E-state index < -0.39 is 35.0 Å². The number of hydrazone groups is 1. The Bertz CT molecular complexity index is 1220. The monoisotopic (exact) mass is 485 g/mol. The molecule has 0 aliphatic carbocycles. The summed E-state index contributed by atoms with van der Waals surface area (Å²) in [5, 5.41) is 16.0. The fourth-order valence-electron chi connectivity index (χ4n) is 3.07. The van der Waals surface area contributed by atoms with E-state index in [1.165, 1.54) is 43.3 Å². The first-order chi connectivity index (χ1) is 16.5. The van der Waals surface area contributed by atoms with E-state index in [4.69, 9.17) is 18.9 Å².